The van der Waals surface area contributed by atoms with E-state index < -0.39 is 9.84 Å². The number of nitrogens with two attached hydrogens (primary N) is 1. The van der Waals surface area contributed by atoms with Crippen molar-refractivity contribution in [1.82, 2.24) is 0 Å². The Morgan fingerprint density at radius 2 is 1.76 bits per heavy atom. The smallest absolute Gasteiger partial charge is 0.181 e. The molecule has 0 aliphatic carbocycles. The van der Waals surface area contributed by atoms with Gasteiger partial charge < -0.3 is 15.2 Å². The maximum absolute atomic E-state index is 12.8. The fourth-order valence-corrected chi connectivity index (χ4v) is 5.02. The van der Waals surface area contributed by atoms with E-state index in [1.54, 1.807) is 24.3 Å². The van der Waals surface area contributed by atoms with Crippen molar-refractivity contribution in [2.45, 2.75) is 41.4 Å². The molecule has 2 aliphatic heterocycles. The second-order valence-corrected chi connectivity index (χ2v) is 8.10. The molecule has 5 nitrogen and oxygen atoms in total. The number of ether oxygens (including phenoxy) is 2. The average Bonchev–Trinajstić information content (AvgIpc) is 2.48. The third-order valence-electron chi connectivity index (χ3n) is 4.50. The zero-order chi connectivity index (χ0) is 14.9. The molecule has 0 saturated carbocycles. The molecule has 2 fully saturated rings. The first-order chi connectivity index (χ1) is 10.0. The van der Waals surface area contributed by atoms with Gasteiger partial charge in [-0.1, -0.05) is 0 Å². The summed E-state index contributed by atoms with van der Waals surface area (Å²) in [5.74, 6) is 0. The van der Waals surface area contributed by atoms with E-state index in [1.807, 2.05) is 0 Å². The first-order valence-corrected chi connectivity index (χ1v) is 8.88. The molecule has 0 aromatic heterocycles. The molecule has 2 heterocycles. The molecule has 116 valence electrons. The summed E-state index contributed by atoms with van der Waals surface area (Å²) < 4.78 is 36.9. The topological polar surface area (TPSA) is 78.6 Å². The molecule has 6 heteroatoms. The highest BCUT2D eigenvalue weighted by Gasteiger charge is 2.43. The lowest BCUT2D eigenvalue weighted by Gasteiger charge is -2.43. The van der Waals surface area contributed by atoms with Crippen LogP contribution in [-0.2, 0) is 19.3 Å². The maximum atomic E-state index is 12.8. The van der Waals surface area contributed by atoms with Crippen LogP contribution >= 0.6 is 0 Å². The van der Waals surface area contributed by atoms with Gasteiger partial charge in [-0.2, -0.15) is 0 Å². The monoisotopic (exact) mass is 311 g/mol. The first kappa shape index (κ1) is 14.8. The van der Waals surface area contributed by atoms with Crippen molar-refractivity contribution < 1.29 is 17.9 Å². The van der Waals surface area contributed by atoms with E-state index in [1.165, 1.54) is 0 Å². The molecule has 1 aromatic carbocycles. The fourth-order valence-electron chi connectivity index (χ4n) is 3.19. The highest BCUT2D eigenvalue weighted by atomic mass is 32.2. The summed E-state index contributed by atoms with van der Waals surface area (Å²) in [4.78, 5) is 0.353. The van der Waals surface area contributed by atoms with Crippen LogP contribution in [0.2, 0.25) is 0 Å². The SMILES string of the molecule is Nc1ccc(S(=O)(=O)C2CCOC3(CCOCC3)C2)cc1. The first-order valence-electron chi connectivity index (χ1n) is 7.33. The van der Waals surface area contributed by atoms with Crippen molar-refractivity contribution >= 4 is 15.5 Å². The van der Waals surface area contributed by atoms with Gasteiger partial charge in [-0.15, -0.1) is 0 Å². The van der Waals surface area contributed by atoms with Gasteiger partial charge in [0.2, 0.25) is 0 Å². The summed E-state index contributed by atoms with van der Waals surface area (Å²) in [5.41, 5.74) is 5.89. The number of nitrogen functional groups attached to an aromatic ring is 1. The normalized spacial score (nSPS) is 25.8. The number of anilines is 1. The molecule has 2 saturated heterocycles. The molecule has 2 N–H and O–H groups in total. The van der Waals surface area contributed by atoms with Crippen LogP contribution in [0.4, 0.5) is 5.69 Å². The lowest BCUT2D eigenvalue weighted by atomic mass is 9.86. The van der Waals surface area contributed by atoms with Crippen LogP contribution in [0.1, 0.15) is 25.7 Å². The van der Waals surface area contributed by atoms with Gasteiger partial charge >= 0.3 is 0 Å². The van der Waals surface area contributed by atoms with Gasteiger partial charge in [0.05, 0.1) is 15.7 Å². The Labute approximate surface area is 125 Å². The van der Waals surface area contributed by atoms with Gasteiger partial charge in [0.1, 0.15) is 0 Å². The zero-order valence-corrected chi connectivity index (χ0v) is 12.8. The number of hydrogen-bond acceptors (Lipinski definition) is 5. The van der Waals surface area contributed by atoms with Crippen molar-refractivity contribution in [2.24, 2.45) is 0 Å². The van der Waals surface area contributed by atoms with E-state index in [9.17, 15) is 8.42 Å². The zero-order valence-electron chi connectivity index (χ0n) is 12.0. The molecular weight excluding hydrogens is 290 g/mol. The van der Waals surface area contributed by atoms with Crippen LogP contribution in [0.25, 0.3) is 0 Å². The summed E-state index contributed by atoms with van der Waals surface area (Å²) >= 11 is 0. The summed E-state index contributed by atoms with van der Waals surface area (Å²) in [6.07, 6.45) is 2.67. The molecule has 0 amide bonds. The van der Waals surface area contributed by atoms with Crippen LogP contribution in [0.15, 0.2) is 29.2 Å². The van der Waals surface area contributed by atoms with Crippen LogP contribution in [0.5, 0.6) is 0 Å². The Balaban J connectivity index is 1.83. The van der Waals surface area contributed by atoms with Gasteiger partial charge in [0.15, 0.2) is 9.84 Å². The minimum atomic E-state index is -3.33. The Hall–Kier alpha value is -1.11. The standard InChI is InChI=1S/C15H21NO4S/c16-12-1-3-13(4-2-12)21(17,18)14-5-8-20-15(11-14)6-9-19-10-7-15/h1-4,14H,5-11,16H2. The maximum Gasteiger partial charge on any atom is 0.181 e. The summed E-state index contributed by atoms with van der Waals surface area (Å²) in [7, 11) is -3.33. The fraction of sp³-hybridized carbons (Fsp3) is 0.600. The van der Waals surface area contributed by atoms with Crippen LogP contribution < -0.4 is 5.73 Å². The third kappa shape index (κ3) is 2.93. The van der Waals surface area contributed by atoms with Gasteiger partial charge in [0.25, 0.3) is 0 Å². The van der Waals surface area contributed by atoms with Crippen LogP contribution in [0, 0.1) is 0 Å². The summed E-state index contributed by atoms with van der Waals surface area (Å²) in [6.45, 7) is 1.79. The van der Waals surface area contributed by atoms with E-state index in [0.717, 1.165) is 12.8 Å². The second-order valence-electron chi connectivity index (χ2n) is 5.87. The number of rotatable bonds is 2. The number of sulfone groups is 1. The Bertz CT molecular complexity index is 585. The highest BCUT2D eigenvalue weighted by molar-refractivity contribution is 7.92. The highest BCUT2D eigenvalue weighted by Crippen LogP contribution is 2.38. The molecule has 1 unspecified atom stereocenters. The van der Waals surface area contributed by atoms with Gasteiger partial charge in [0, 0.05) is 25.5 Å². The minimum Gasteiger partial charge on any atom is -0.399 e. The van der Waals surface area contributed by atoms with Crippen molar-refractivity contribution in [3.63, 3.8) is 0 Å². The van der Waals surface area contributed by atoms with Crippen molar-refractivity contribution in [2.75, 3.05) is 25.6 Å². The lowest BCUT2D eigenvalue weighted by molar-refractivity contribution is -0.132. The van der Waals surface area contributed by atoms with Gasteiger partial charge in [-0.3, -0.25) is 0 Å². The van der Waals surface area contributed by atoms with E-state index in [-0.39, 0.29) is 10.9 Å². The predicted octanol–water partition coefficient (Wildman–Crippen LogP) is 1.77. The quantitative estimate of drug-likeness (QED) is 0.842. The Kier molecular flexibility index (Phi) is 3.94. The van der Waals surface area contributed by atoms with E-state index in [4.69, 9.17) is 15.2 Å². The molecule has 1 atom stereocenters. The molecule has 0 bridgehead atoms. The summed E-state index contributed by atoms with van der Waals surface area (Å²) in [5, 5.41) is -0.382. The second kappa shape index (κ2) is 5.59. The van der Waals surface area contributed by atoms with Crippen molar-refractivity contribution in [3.8, 4) is 0 Å². The number of hydrogen-bond donors (Lipinski definition) is 1. The molecule has 3 rings (SSSR count). The Morgan fingerprint density at radius 3 is 2.43 bits per heavy atom. The van der Waals surface area contributed by atoms with Crippen molar-refractivity contribution in [1.29, 1.82) is 0 Å². The number of benzene rings is 1. The predicted molar refractivity (Wildman–Crippen MR) is 79.8 cm³/mol. The summed E-state index contributed by atoms with van der Waals surface area (Å²) in [6, 6.07) is 6.46. The molecule has 1 aromatic rings. The molecule has 21 heavy (non-hydrogen) atoms. The van der Waals surface area contributed by atoms with E-state index in [2.05, 4.69) is 0 Å². The largest absolute Gasteiger partial charge is 0.399 e. The molecule has 1 spiro atoms. The lowest BCUT2D eigenvalue weighted by Crippen LogP contribution is -2.47. The van der Waals surface area contributed by atoms with E-state index in [0.29, 0.717) is 43.2 Å². The van der Waals surface area contributed by atoms with Gasteiger partial charge in [-0.25, -0.2) is 8.42 Å². The molecule has 0 radical (unpaired) electrons. The Morgan fingerprint density at radius 1 is 1.10 bits per heavy atom. The van der Waals surface area contributed by atoms with Crippen molar-refractivity contribution in [3.05, 3.63) is 24.3 Å². The van der Waals surface area contributed by atoms with Crippen LogP contribution in [-0.4, -0.2) is 39.1 Å². The molecular formula is C15H21NO4S. The minimum absolute atomic E-state index is 0.317. The molecule has 2 aliphatic rings. The van der Waals surface area contributed by atoms with Crippen LogP contribution in [0.3, 0.4) is 0 Å². The van der Waals surface area contributed by atoms with Gasteiger partial charge in [-0.05, 0) is 49.9 Å². The van der Waals surface area contributed by atoms with E-state index >= 15 is 0 Å². The third-order valence-corrected chi connectivity index (χ3v) is 6.71. The average molecular weight is 311 g/mol.